The molecule has 0 atom stereocenters. The summed E-state index contributed by atoms with van der Waals surface area (Å²) in [6.45, 7) is 2.43. The summed E-state index contributed by atoms with van der Waals surface area (Å²) >= 11 is 0. The fraction of sp³-hybridized carbons (Fsp3) is 0.250. The Morgan fingerprint density at radius 1 is 0.561 bits per heavy atom. The molecule has 0 saturated heterocycles. The van der Waals surface area contributed by atoms with Crippen LogP contribution in [-0.2, 0) is 4.74 Å². The van der Waals surface area contributed by atoms with Crippen LogP contribution >= 0.6 is 23.8 Å². The molecule has 0 radical (unpaired) electrons. The van der Waals surface area contributed by atoms with E-state index in [1.54, 1.807) is 0 Å². The third kappa shape index (κ3) is 11.3. The molecule has 0 fully saturated rings. The molecule has 0 amide bonds. The van der Waals surface area contributed by atoms with Gasteiger partial charge in [0, 0.05) is 32.2 Å². The van der Waals surface area contributed by atoms with Gasteiger partial charge >= 0.3 is 0 Å². The van der Waals surface area contributed by atoms with Crippen LogP contribution in [0.4, 0.5) is 0 Å². The first kappa shape index (κ1) is 31.9. The van der Waals surface area contributed by atoms with E-state index < -0.39 is 23.8 Å². The lowest BCUT2D eigenvalue weighted by atomic mass is 10.4. The zero-order chi connectivity index (χ0) is 28.8. The average molecular weight is 607 g/mol. The van der Waals surface area contributed by atoms with Crippen LogP contribution in [0.2, 0.25) is 0 Å². The standard InChI is InChI=1S/C32H39N2O4P3/c35-41(36,37)26-22-33-21-24-38-25-23-34(27-39(29-13-5-1-6-14-29)30-15-7-2-8-16-30)28-40(31-17-9-3-10-18-31)32-19-11-4-12-20-32/h1-20,33H,21-28H2,(H2,35,36,37)/p-2. The summed E-state index contributed by atoms with van der Waals surface area (Å²) in [5.74, 6) is 0. The van der Waals surface area contributed by atoms with Crippen molar-refractivity contribution in [1.82, 2.24) is 10.2 Å². The summed E-state index contributed by atoms with van der Waals surface area (Å²) in [6, 6.07) is 43.1. The van der Waals surface area contributed by atoms with Gasteiger partial charge in [-0.3, -0.25) is 4.90 Å². The Labute approximate surface area is 247 Å². The molecule has 0 saturated carbocycles. The minimum Gasteiger partial charge on any atom is -0.688 e. The molecule has 0 aliphatic heterocycles. The molecule has 216 valence electrons. The van der Waals surface area contributed by atoms with E-state index in [4.69, 9.17) is 4.74 Å². The number of ether oxygens (including phenoxy) is 1. The molecule has 4 aromatic rings. The van der Waals surface area contributed by atoms with E-state index in [1.807, 2.05) is 0 Å². The number of nitrogens with zero attached hydrogens (tertiary/aromatic N) is 1. The van der Waals surface area contributed by atoms with Crippen molar-refractivity contribution in [1.29, 1.82) is 0 Å². The van der Waals surface area contributed by atoms with Crippen molar-refractivity contribution in [3.63, 3.8) is 0 Å². The highest BCUT2D eigenvalue weighted by Gasteiger charge is 2.22. The number of hydrogen-bond acceptors (Lipinski definition) is 6. The molecule has 0 unspecified atom stereocenters. The van der Waals surface area contributed by atoms with Crippen LogP contribution in [0, 0.1) is 0 Å². The van der Waals surface area contributed by atoms with Crippen molar-refractivity contribution in [2.75, 3.05) is 51.6 Å². The van der Waals surface area contributed by atoms with Crippen LogP contribution < -0.4 is 41.2 Å². The molecule has 6 nitrogen and oxygen atoms in total. The normalized spacial score (nSPS) is 12.0. The largest absolute Gasteiger partial charge is 0.688 e. The van der Waals surface area contributed by atoms with Gasteiger partial charge in [0.05, 0.1) is 19.4 Å². The van der Waals surface area contributed by atoms with Crippen LogP contribution in [0.3, 0.4) is 0 Å². The number of hydrogen-bond donors (Lipinski definition) is 1. The van der Waals surface area contributed by atoms with E-state index in [-0.39, 0.29) is 12.7 Å². The van der Waals surface area contributed by atoms with Gasteiger partial charge in [-0.15, -0.1) is 0 Å². The van der Waals surface area contributed by atoms with Crippen molar-refractivity contribution in [2.45, 2.75) is 0 Å². The smallest absolute Gasteiger partial charge is 0.0594 e. The van der Waals surface area contributed by atoms with E-state index in [2.05, 4.69) is 132 Å². The first-order valence-corrected chi connectivity index (χ1v) is 18.5. The van der Waals surface area contributed by atoms with Gasteiger partial charge in [-0.05, 0) is 37.1 Å². The van der Waals surface area contributed by atoms with Gasteiger partial charge in [0.2, 0.25) is 0 Å². The predicted octanol–water partition coefficient (Wildman–Crippen LogP) is 1.92. The van der Waals surface area contributed by atoms with Gasteiger partial charge in [0.25, 0.3) is 0 Å². The highest BCUT2D eigenvalue weighted by molar-refractivity contribution is 7.73. The van der Waals surface area contributed by atoms with Crippen molar-refractivity contribution in [2.24, 2.45) is 0 Å². The Kier molecular flexibility index (Phi) is 13.3. The molecule has 0 heterocycles. The van der Waals surface area contributed by atoms with Gasteiger partial charge in [0.1, 0.15) is 0 Å². The Hall–Kier alpha value is -2.07. The fourth-order valence-electron chi connectivity index (χ4n) is 4.42. The quantitative estimate of drug-likeness (QED) is 0.146. The van der Waals surface area contributed by atoms with E-state index in [0.717, 1.165) is 19.1 Å². The second kappa shape index (κ2) is 17.1. The zero-order valence-corrected chi connectivity index (χ0v) is 25.8. The van der Waals surface area contributed by atoms with Crippen LogP contribution in [0.15, 0.2) is 121 Å². The maximum Gasteiger partial charge on any atom is 0.0594 e. The lowest BCUT2D eigenvalue weighted by molar-refractivity contribution is -0.427. The molecule has 0 spiro atoms. The first-order chi connectivity index (χ1) is 20.0. The monoisotopic (exact) mass is 606 g/mol. The minimum atomic E-state index is -4.48. The average Bonchev–Trinajstić information content (AvgIpc) is 3.00. The number of rotatable bonds is 17. The maximum atomic E-state index is 10.8. The molecule has 0 aliphatic carbocycles. The highest BCUT2D eigenvalue weighted by Crippen LogP contribution is 2.39. The molecular weight excluding hydrogens is 569 g/mol. The van der Waals surface area contributed by atoms with Gasteiger partial charge in [-0.1, -0.05) is 121 Å². The van der Waals surface area contributed by atoms with Crippen LogP contribution in [-0.4, -0.2) is 56.5 Å². The van der Waals surface area contributed by atoms with Crippen molar-refractivity contribution < 1.29 is 19.4 Å². The topological polar surface area (TPSA) is 93.7 Å². The third-order valence-electron chi connectivity index (χ3n) is 6.49. The number of nitrogens with one attached hydrogen (secondary N) is 1. The number of benzene rings is 4. The summed E-state index contributed by atoms with van der Waals surface area (Å²) in [7, 11) is -5.72. The Morgan fingerprint density at radius 3 is 1.32 bits per heavy atom. The SMILES string of the molecule is [O-][P+]([O-])([O-])CCNCCOCCN(CP(c1ccccc1)c1ccccc1)CP(c1ccccc1)c1ccccc1. The van der Waals surface area contributed by atoms with E-state index in [0.29, 0.717) is 19.8 Å². The van der Waals surface area contributed by atoms with E-state index in [1.165, 1.54) is 21.2 Å². The Bertz CT molecular complexity index is 1090. The van der Waals surface area contributed by atoms with Gasteiger partial charge in [-0.2, -0.15) is 7.94 Å². The first-order valence-electron chi connectivity index (χ1n) is 13.8. The Balaban J connectivity index is 1.50. The highest BCUT2D eigenvalue weighted by atomic mass is 31.2. The Morgan fingerprint density at radius 2 is 0.951 bits per heavy atom. The summed E-state index contributed by atoms with van der Waals surface area (Å²) in [5, 5.41) is 8.37. The zero-order valence-electron chi connectivity index (χ0n) is 23.1. The summed E-state index contributed by atoms with van der Waals surface area (Å²) in [4.78, 5) is 35.0. The van der Waals surface area contributed by atoms with Crippen molar-refractivity contribution in [3.8, 4) is 0 Å². The van der Waals surface area contributed by atoms with Crippen molar-refractivity contribution >= 4 is 45.0 Å². The van der Waals surface area contributed by atoms with E-state index >= 15 is 0 Å². The third-order valence-corrected chi connectivity index (χ3v) is 12.3. The second-order valence-corrected chi connectivity index (χ2v) is 15.6. The molecule has 4 aromatic carbocycles. The summed E-state index contributed by atoms with van der Waals surface area (Å²) < 4.78 is 5.97. The summed E-state index contributed by atoms with van der Waals surface area (Å²) in [6.07, 6.45) is 1.43. The second-order valence-electron chi connectivity index (χ2n) is 9.57. The molecular formula is C32H37N2O4P3-2. The van der Waals surface area contributed by atoms with E-state index in [9.17, 15) is 14.7 Å². The van der Waals surface area contributed by atoms with Crippen LogP contribution in [0.5, 0.6) is 0 Å². The molecule has 0 aromatic heterocycles. The van der Waals surface area contributed by atoms with Gasteiger partial charge < -0.3 is 24.7 Å². The molecule has 41 heavy (non-hydrogen) atoms. The lowest BCUT2D eigenvalue weighted by Crippen LogP contribution is -2.38. The molecule has 0 aliphatic rings. The van der Waals surface area contributed by atoms with Crippen molar-refractivity contribution in [3.05, 3.63) is 121 Å². The minimum absolute atomic E-state index is 0.149. The van der Waals surface area contributed by atoms with Gasteiger partial charge in [-0.25, -0.2) is 0 Å². The van der Waals surface area contributed by atoms with Gasteiger partial charge in [0.15, 0.2) is 0 Å². The molecule has 0 bridgehead atoms. The molecule has 4 rings (SSSR count). The van der Waals surface area contributed by atoms with Crippen LogP contribution in [0.1, 0.15) is 0 Å². The lowest BCUT2D eigenvalue weighted by Gasteiger charge is -2.42. The molecule has 9 heteroatoms. The maximum absolute atomic E-state index is 10.8. The van der Waals surface area contributed by atoms with Crippen LogP contribution in [0.25, 0.3) is 0 Å². The fourth-order valence-corrected chi connectivity index (χ4v) is 9.67. The molecule has 1 N–H and O–H groups in total. The summed E-state index contributed by atoms with van der Waals surface area (Å²) in [5.41, 5.74) is 0. The predicted molar refractivity (Wildman–Crippen MR) is 170 cm³/mol.